The van der Waals surface area contributed by atoms with Gasteiger partial charge in [0.15, 0.2) is 0 Å². The topological polar surface area (TPSA) is 103 Å². The molecule has 2 rings (SSSR count). The van der Waals surface area contributed by atoms with Gasteiger partial charge in [-0.3, -0.25) is 0 Å². The largest absolute Gasteiger partial charge is 0.307 e. The van der Waals surface area contributed by atoms with Crippen LogP contribution in [0.3, 0.4) is 0 Å². The third kappa shape index (κ3) is 2.88. The van der Waals surface area contributed by atoms with Crippen molar-refractivity contribution in [1.29, 1.82) is 0 Å². The van der Waals surface area contributed by atoms with E-state index in [1.54, 1.807) is 6.20 Å². The van der Waals surface area contributed by atoms with Crippen LogP contribution < -0.4 is 10.5 Å². The lowest BCUT2D eigenvalue weighted by Gasteiger charge is -2.28. The number of aromatic nitrogens is 3. The fourth-order valence-electron chi connectivity index (χ4n) is 2.28. The van der Waals surface area contributed by atoms with Crippen molar-refractivity contribution in [2.24, 2.45) is 5.14 Å². The fourth-order valence-corrected chi connectivity index (χ4v) is 3.08. The highest BCUT2D eigenvalue weighted by Crippen LogP contribution is 2.24. The summed E-state index contributed by atoms with van der Waals surface area (Å²) in [6.07, 6.45) is 4.04. The Morgan fingerprint density at radius 1 is 1.56 bits per heavy atom. The lowest BCUT2D eigenvalue weighted by Crippen LogP contribution is -2.43. The van der Waals surface area contributed by atoms with E-state index < -0.39 is 15.3 Å². The van der Waals surface area contributed by atoms with Gasteiger partial charge in [0.05, 0.1) is 23.2 Å². The van der Waals surface area contributed by atoms with Crippen LogP contribution in [-0.4, -0.2) is 35.2 Å². The highest BCUT2D eigenvalue weighted by Gasteiger charge is 2.30. The summed E-state index contributed by atoms with van der Waals surface area (Å²) >= 11 is 0. The standard InChI is InChI=1S/C10H19N5O2S/c1-2-5-15-10(7-13-14-15)9-4-3-8(6-12-9)18(11,16)17/h7-9,12H,2-6H2,1H3,(H2,11,16,17). The SMILES string of the molecule is CCCn1nncc1C1CCC(S(N)(=O)=O)CN1. The minimum Gasteiger partial charge on any atom is -0.307 e. The van der Waals surface area contributed by atoms with E-state index in [1.165, 1.54) is 0 Å². The summed E-state index contributed by atoms with van der Waals surface area (Å²) in [5, 5.41) is 15.8. The Morgan fingerprint density at radius 2 is 2.33 bits per heavy atom. The average Bonchev–Trinajstić information content (AvgIpc) is 2.77. The second-order valence-electron chi connectivity index (χ2n) is 4.63. The zero-order chi connectivity index (χ0) is 13.2. The van der Waals surface area contributed by atoms with Gasteiger partial charge in [0.25, 0.3) is 0 Å². The van der Waals surface area contributed by atoms with Crippen molar-refractivity contribution in [3.63, 3.8) is 0 Å². The minimum absolute atomic E-state index is 0.115. The van der Waals surface area contributed by atoms with Gasteiger partial charge in [-0.05, 0) is 19.3 Å². The molecule has 0 amide bonds. The molecule has 0 saturated carbocycles. The smallest absolute Gasteiger partial charge is 0.213 e. The van der Waals surface area contributed by atoms with E-state index in [1.807, 2.05) is 4.68 Å². The van der Waals surface area contributed by atoms with E-state index in [-0.39, 0.29) is 6.04 Å². The molecule has 1 aliphatic rings. The van der Waals surface area contributed by atoms with Crippen LogP contribution in [0.1, 0.15) is 37.9 Å². The Labute approximate surface area is 107 Å². The number of nitrogens with two attached hydrogens (primary N) is 1. The fraction of sp³-hybridized carbons (Fsp3) is 0.800. The Balaban J connectivity index is 2.03. The maximum absolute atomic E-state index is 11.3. The summed E-state index contributed by atoms with van der Waals surface area (Å²) < 4.78 is 24.4. The molecule has 2 unspecified atom stereocenters. The molecule has 0 spiro atoms. The summed E-state index contributed by atoms with van der Waals surface area (Å²) in [5.41, 5.74) is 1.02. The van der Waals surface area contributed by atoms with Crippen LogP contribution in [0.15, 0.2) is 6.20 Å². The number of aryl methyl sites for hydroxylation is 1. The highest BCUT2D eigenvalue weighted by molar-refractivity contribution is 7.89. The zero-order valence-corrected chi connectivity index (χ0v) is 11.2. The van der Waals surface area contributed by atoms with E-state index in [9.17, 15) is 8.42 Å². The van der Waals surface area contributed by atoms with E-state index in [0.29, 0.717) is 13.0 Å². The van der Waals surface area contributed by atoms with Crippen molar-refractivity contribution in [2.75, 3.05) is 6.54 Å². The summed E-state index contributed by atoms with van der Waals surface area (Å²) in [6.45, 7) is 3.30. The van der Waals surface area contributed by atoms with E-state index in [4.69, 9.17) is 5.14 Å². The molecular weight excluding hydrogens is 254 g/mol. The second kappa shape index (κ2) is 5.33. The maximum atomic E-state index is 11.3. The predicted molar refractivity (Wildman–Crippen MR) is 67.2 cm³/mol. The van der Waals surface area contributed by atoms with Crippen molar-refractivity contribution >= 4 is 10.0 Å². The van der Waals surface area contributed by atoms with Crippen molar-refractivity contribution < 1.29 is 8.42 Å². The number of hydrogen-bond donors (Lipinski definition) is 2. The number of rotatable bonds is 4. The van der Waals surface area contributed by atoms with Crippen molar-refractivity contribution in [3.05, 3.63) is 11.9 Å². The molecule has 2 atom stereocenters. The molecule has 3 N–H and O–H groups in total. The van der Waals surface area contributed by atoms with Gasteiger partial charge in [-0.1, -0.05) is 12.1 Å². The molecule has 0 radical (unpaired) electrons. The van der Waals surface area contributed by atoms with E-state index in [0.717, 1.165) is 25.1 Å². The molecule has 2 heterocycles. The van der Waals surface area contributed by atoms with Crippen LogP contribution in [0, 0.1) is 0 Å². The van der Waals surface area contributed by atoms with Gasteiger partial charge >= 0.3 is 0 Å². The molecule has 0 aliphatic carbocycles. The molecule has 7 nitrogen and oxygen atoms in total. The molecule has 0 bridgehead atoms. The second-order valence-corrected chi connectivity index (χ2v) is 6.48. The summed E-state index contributed by atoms with van der Waals surface area (Å²) in [5.74, 6) is 0. The van der Waals surface area contributed by atoms with Gasteiger partial charge in [0.2, 0.25) is 10.0 Å². The molecule has 18 heavy (non-hydrogen) atoms. The minimum atomic E-state index is -3.44. The lowest BCUT2D eigenvalue weighted by molar-refractivity contribution is 0.382. The predicted octanol–water partition coefficient (Wildman–Crippen LogP) is -0.230. The molecule has 8 heteroatoms. The highest BCUT2D eigenvalue weighted by atomic mass is 32.2. The monoisotopic (exact) mass is 273 g/mol. The molecule has 1 aromatic heterocycles. The van der Waals surface area contributed by atoms with Crippen LogP contribution in [0.2, 0.25) is 0 Å². The Bertz CT molecular complexity index is 490. The maximum Gasteiger partial charge on any atom is 0.213 e. The summed E-state index contributed by atoms with van der Waals surface area (Å²) in [7, 11) is -3.44. The molecule has 1 saturated heterocycles. The summed E-state index contributed by atoms with van der Waals surface area (Å²) in [4.78, 5) is 0. The van der Waals surface area contributed by atoms with Crippen molar-refractivity contribution in [3.8, 4) is 0 Å². The zero-order valence-electron chi connectivity index (χ0n) is 10.4. The van der Waals surface area contributed by atoms with Gasteiger partial charge < -0.3 is 5.32 Å². The van der Waals surface area contributed by atoms with Crippen LogP contribution in [-0.2, 0) is 16.6 Å². The van der Waals surface area contributed by atoms with Crippen LogP contribution in [0.5, 0.6) is 0 Å². The Kier molecular flexibility index (Phi) is 3.98. The Morgan fingerprint density at radius 3 is 2.89 bits per heavy atom. The number of piperidine rings is 1. The van der Waals surface area contributed by atoms with Crippen LogP contribution >= 0.6 is 0 Å². The first-order chi connectivity index (χ1) is 8.52. The number of nitrogens with one attached hydrogen (secondary N) is 1. The molecule has 1 fully saturated rings. The lowest BCUT2D eigenvalue weighted by atomic mass is 10.0. The van der Waals surface area contributed by atoms with E-state index >= 15 is 0 Å². The Hall–Kier alpha value is -0.990. The van der Waals surface area contributed by atoms with Gasteiger partial charge in [0, 0.05) is 13.1 Å². The van der Waals surface area contributed by atoms with Gasteiger partial charge in [-0.25, -0.2) is 18.2 Å². The number of primary sulfonamides is 1. The number of sulfonamides is 1. The van der Waals surface area contributed by atoms with Crippen LogP contribution in [0.25, 0.3) is 0 Å². The van der Waals surface area contributed by atoms with Gasteiger partial charge in [-0.2, -0.15) is 0 Å². The molecule has 0 aromatic carbocycles. The quantitative estimate of drug-likeness (QED) is 0.788. The molecular formula is C10H19N5O2S. The third-order valence-electron chi connectivity index (χ3n) is 3.27. The third-order valence-corrected chi connectivity index (χ3v) is 4.61. The number of hydrogen-bond acceptors (Lipinski definition) is 5. The van der Waals surface area contributed by atoms with Gasteiger partial charge in [-0.15, -0.1) is 5.10 Å². The molecule has 102 valence electrons. The number of nitrogens with zero attached hydrogens (tertiary/aromatic N) is 3. The van der Waals surface area contributed by atoms with Crippen molar-refractivity contribution in [2.45, 2.75) is 44.0 Å². The first-order valence-electron chi connectivity index (χ1n) is 6.15. The van der Waals surface area contributed by atoms with E-state index in [2.05, 4.69) is 22.6 Å². The molecule has 1 aliphatic heterocycles. The first kappa shape index (κ1) is 13.4. The van der Waals surface area contributed by atoms with Gasteiger partial charge in [0.1, 0.15) is 0 Å². The summed E-state index contributed by atoms with van der Waals surface area (Å²) in [6, 6.07) is 0.115. The van der Waals surface area contributed by atoms with Crippen molar-refractivity contribution in [1.82, 2.24) is 20.3 Å². The first-order valence-corrected chi connectivity index (χ1v) is 7.76. The average molecular weight is 273 g/mol. The normalized spacial score (nSPS) is 25.2. The van der Waals surface area contributed by atoms with Crippen LogP contribution in [0.4, 0.5) is 0 Å². The molecule has 1 aromatic rings.